The van der Waals surface area contributed by atoms with Crippen LogP contribution in [0.25, 0.3) is 0 Å². The number of imide groups is 1. The van der Waals surface area contributed by atoms with Gasteiger partial charge in [-0.25, -0.2) is 9.69 Å². The van der Waals surface area contributed by atoms with Crippen LogP contribution >= 0.6 is 11.6 Å². The Morgan fingerprint density at radius 2 is 2.05 bits per heavy atom. The number of carbonyl (C=O) groups is 2. The van der Waals surface area contributed by atoms with Gasteiger partial charge in [0.15, 0.2) is 0 Å². The summed E-state index contributed by atoms with van der Waals surface area (Å²) in [6.45, 7) is 2.54. The first-order chi connectivity index (χ1) is 9.09. The largest absolute Gasteiger partial charge is 0.332 e. The molecule has 4 nitrogen and oxygen atoms in total. The van der Waals surface area contributed by atoms with Crippen LogP contribution < -0.4 is 4.90 Å². The van der Waals surface area contributed by atoms with E-state index >= 15 is 0 Å². The number of urea groups is 1. The summed E-state index contributed by atoms with van der Waals surface area (Å²) in [5.41, 5.74) is 1.48. The summed E-state index contributed by atoms with van der Waals surface area (Å²) < 4.78 is 0. The van der Waals surface area contributed by atoms with E-state index < -0.39 is 0 Å². The molecule has 1 unspecified atom stereocenters. The number of fused-ring (bicyclic) bond motifs is 1. The van der Waals surface area contributed by atoms with E-state index in [1.807, 2.05) is 6.92 Å². The average Bonchev–Trinajstić information content (AvgIpc) is 2.66. The molecule has 0 spiro atoms. The van der Waals surface area contributed by atoms with Crippen molar-refractivity contribution in [3.05, 3.63) is 28.8 Å². The molecular weight excluding hydrogens is 264 g/mol. The first-order valence-electron chi connectivity index (χ1n) is 6.50. The number of aryl methyl sites for hydroxylation is 1. The minimum absolute atomic E-state index is 0.105. The van der Waals surface area contributed by atoms with Crippen LogP contribution in [0.2, 0.25) is 5.02 Å². The second kappa shape index (κ2) is 4.53. The fourth-order valence-electron chi connectivity index (χ4n) is 2.79. The molecular formula is C14H15ClN2O2. The number of nitrogens with zero attached hydrogens (tertiary/aromatic N) is 2. The minimum atomic E-state index is -0.266. The van der Waals surface area contributed by atoms with Gasteiger partial charge in [-0.05, 0) is 49.9 Å². The molecule has 2 fully saturated rings. The lowest BCUT2D eigenvalue weighted by Gasteiger charge is -2.25. The van der Waals surface area contributed by atoms with Crippen LogP contribution in [0.15, 0.2) is 18.2 Å². The molecule has 1 aromatic carbocycles. The van der Waals surface area contributed by atoms with Gasteiger partial charge in [0.05, 0.1) is 5.69 Å². The van der Waals surface area contributed by atoms with Crippen molar-refractivity contribution in [2.45, 2.75) is 32.2 Å². The maximum atomic E-state index is 12.4. The molecule has 2 heterocycles. The number of halogens is 1. The molecule has 0 aromatic heterocycles. The number of piperidine rings is 1. The maximum Gasteiger partial charge on any atom is 0.332 e. The van der Waals surface area contributed by atoms with Gasteiger partial charge in [-0.1, -0.05) is 11.6 Å². The Bertz CT molecular complexity index is 534. The van der Waals surface area contributed by atoms with Gasteiger partial charge >= 0.3 is 6.03 Å². The summed E-state index contributed by atoms with van der Waals surface area (Å²) in [4.78, 5) is 27.7. The topological polar surface area (TPSA) is 40.6 Å². The third-order valence-corrected chi connectivity index (χ3v) is 4.27. The van der Waals surface area contributed by atoms with Crippen molar-refractivity contribution in [2.75, 3.05) is 11.4 Å². The Balaban J connectivity index is 1.98. The van der Waals surface area contributed by atoms with Gasteiger partial charge in [-0.3, -0.25) is 4.79 Å². The molecule has 0 radical (unpaired) electrons. The lowest BCUT2D eigenvalue weighted by molar-refractivity contribution is -0.120. The van der Waals surface area contributed by atoms with Gasteiger partial charge in [0, 0.05) is 11.6 Å². The van der Waals surface area contributed by atoms with Gasteiger partial charge in [0.25, 0.3) is 5.91 Å². The predicted molar refractivity (Wildman–Crippen MR) is 73.4 cm³/mol. The van der Waals surface area contributed by atoms with E-state index in [0.717, 1.165) is 24.8 Å². The lowest BCUT2D eigenvalue weighted by atomic mass is 10.0. The van der Waals surface area contributed by atoms with Crippen LogP contribution in [0.4, 0.5) is 10.5 Å². The number of anilines is 1. The van der Waals surface area contributed by atoms with E-state index in [1.54, 1.807) is 23.1 Å². The van der Waals surface area contributed by atoms with E-state index in [9.17, 15) is 9.59 Å². The standard InChI is InChI=1S/C14H15ClN2O2/c1-9-8-10(5-6-11(9)15)17-13(18)12-4-2-3-7-16(12)14(17)19/h5-6,8,12H,2-4,7H2,1H3. The minimum Gasteiger partial charge on any atom is -0.312 e. The number of carbonyl (C=O) groups excluding carboxylic acids is 2. The highest BCUT2D eigenvalue weighted by atomic mass is 35.5. The van der Waals surface area contributed by atoms with Gasteiger partial charge in [0.1, 0.15) is 6.04 Å². The van der Waals surface area contributed by atoms with E-state index in [0.29, 0.717) is 17.3 Å². The lowest BCUT2D eigenvalue weighted by Crippen LogP contribution is -2.39. The smallest absolute Gasteiger partial charge is 0.312 e. The first kappa shape index (κ1) is 12.5. The molecule has 2 aliphatic heterocycles. The number of hydrogen-bond donors (Lipinski definition) is 0. The molecule has 100 valence electrons. The van der Waals surface area contributed by atoms with Crippen LogP contribution in [0.5, 0.6) is 0 Å². The fraction of sp³-hybridized carbons (Fsp3) is 0.429. The second-order valence-electron chi connectivity index (χ2n) is 5.09. The SMILES string of the molecule is Cc1cc(N2C(=O)C3CCCCN3C2=O)ccc1Cl. The zero-order chi connectivity index (χ0) is 13.6. The molecule has 0 aliphatic carbocycles. The summed E-state index contributed by atoms with van der Waals surface area (Å²) in [6, 6.07) is 4.78. The molecule has 1 atom stereocenters. The summed E-state index contributed by atoms with van der Waals surface area (Å²) in [5.74, 6) is -0.105. The molecule has 3 amide bonds. The summed E-state index contributed by atoms with van der Waals surface area (Å²) in [6.07, 6.45) is 2.75. The zero-order valence-corrected chi connectivity index (χ0v) is 11.5. The predicted octanol–water partition coefficient (Wildman–Crippen LogP) is 2.97. The van der Waals surface area contributed by atoms with Crippen molar-refractivity contribution in [3.63, 3.8) is 0 Å². The summed E-state index contributed by atoms with van der Waals surface area (Å²) in [5, 5.41) is 0.639. The van der Waals surface area contributed by atoms with Gasteiger partial charge < -0.3 is 4.90 Å². The van der Waals surface area contributed by atoms with Crippen LogP contribution in [0.3, 0.4) is 0 Å². The third-order valence-electron chi connectivity index (χ3n) is 3.84. The van der Waals surface area contributed by atoms with E-state index in [1.165, 1.54) is 4.90 Å². The van der Waals surface area contributed by atoms with Crippen molar-refractivity contribution in [3.8, 4) is 0 Å². The Labute approximate surface area is 116 Å². The van der Waals surface area contributed by atoms with E-state index in [2.05, 4.69) is 0 Å². The molecule has 0 saturated carbocycles. The highest BCUT2D eigenvalue weighted by molar-refractivity contribution is 6.31. The number of amides is 3. The monoisotopic (exact) mass is 278 g/mol. The molecule has 2 aliphatic rings. The van der Waals surface area contributed by atoms with Crippen molar-refractivity contribution in [2.24, 2.45) is 0 Å². The zero-order valence-electron chi connectivity index (χ0n) is 10.7. The molecule has 0 N–H and O–H groups in total. The Morgan fingerprint density at radius 3 is 2.74 bits per heavy atom. The fourth-order valence-corrected chi connectivity index (χ4v) is 2.91. The first-order valence-corrected chi connectivity index (χ1v) is 6.88. The van der Waals surface area contributed by atoms with Crippen molar-refractivity contribution in [1.82, 2.24) is 4.90 Å². The van der Waals surface area contributed by atoms with Crippen LogP contribution in [-0.2, 0) is 4.79 Å². The second-order valence-corrected chi connectivity index (χ2v) is 5.50. The van der Waals surface area contributed by atoms with Crippen molar-refractivity contribution < 1.29 is 9.59 Å². The van der Waals surface area contributed by atoms with Crippen LogP contribution in [0.1, 0.15) is 24.8 Å². The normalized spacial score (nSPS) is 22.9. The Hall–Kier alpha value is -1.55. The molecule has 19 heavy (non-hydrogen) atoms. The van der Waals surface area contributed by atoms with Crippen LogP contribution in [-0.4, -0.2) is 29.4 Å². The summed E-state index contributed by atoms with van der Waals surface area (Å²) >= 11 is 5.98. The Morgan fingerprint density at radius 1 is 1.26 bits per heavy atom. The van der Waals surface area contributed by atoms with E-state index in [-0.39, 0.29) is 18.0 Å². The molecule has 2 saturated heterocycles. The van der Waals surface area contributed by atoms with Gasteiger partial charge in [0.2, 0.25) is 0 Å². The molecule has 3 rings (SSSR count). The quantitative estimate of drug-likeness (QED) is 0.741. The average molecular weight is 279 g/mol. The highest BCUT2D eigenvalue weighted by Gasteiger charge is 2.46. The van der Waals surface area contributed by atoms with E-state index in [4.69, 9.17) is 11.6 Å². The van der Waals surface area contributed by atoms with Crippen molar-refractivity contribution >= 4 is 29.2 Å². The number of hydrogen-bond acceptors (Lipinski definition) is 2. The van der Waals surface area contributed by atoms with Crippen molar-refractivity contribution in [1.29, 1.82) is 0 Å². The molecule has 5 heteroatoms. The molecule has 1 aromatic rings. The summed E-state index contributed by atoms with van der Waals surface area (Å²) in [7, 11) is 0. The maximum absolute atomic E-state index is 12.4. The number of benzene rings is 1. The highest BCUT2D eigenvalue weighted by Crippen LogP contribution is 2.32. The Kier molecular flexibility index (Phi) is 2.97. The van der Waals surface area contributed by atoms with Gasteiger partial charge in [-0.2, -0.15) is 0 Å². The number of rotatable bonds is 1. The van der Waals surface area contributed by atoms with Crippen LogP contribution in [0, 0.1) is 6.92 Å². The third kappa shape index (κ3) is 1.91. The van der Waals surface area contributed by atoms with Gasteiger partial charge in [-0.15, -0.1) is 0 Å². The molecule has 0 bridgehead atoms.